The summed E-state index contributed by atoms with van der Waals surface area (Å²) in [6.45, 7) is 3.51. The second-order valence-corrected chi connectivity index (χ2v) is 6.62. The summed E-state index contributed by atoms with van der Waals surface area (Å²) in [6.07, 6.45) is 23.4. The SMILES string of the molecule is CCCCCCCCCCNC1CCC2C=CC=CC21. The quantitative estimate of drug-likeness (QED) is 0.538. The molecule has 3 atom stereocenters. The van der Waals surface area contributed by atoms with E-state index in [9.17, 15) is 0 Å². The normalized spacial score (nSPS) is 27.9. The molecule has 0 bridgehead atoms. The number of nitrogens with one attached hydrogen (secondary N) is 1. The van der Waals surface area contributed by atoms with Crippen molar-refractivity contribution in [3.8, 4) is 0 Å². The van der Waals surface area contributed by atoms with Crippen LogP contribution in [0.3, 0.4) is 0 Å². The van der Waals surface area contributed by atoms with Gasteiger partial charge in [0.05, 0.1) is 0 Å². The van der Waals surface area contributed by atoms with Crippen LogP contribution in [0.25, 0.3) is 0 Å². The number of hydrogen-bond donors (Lipinski definition) is 1. The molecule has 0 aromatic carbocycles. The maximum absolute atomic E-state index is 3.81. The Balaban J connectivity index is 1.46. The zero-order chi connectivity index (χ0) is 14.0. The van der Waals surface area contributed by atoms with Gasteiger partial charge in [-0.3, -0.25) is 0 Å². The molecule has 1 heteroatoms. The molecule has 114 valence electrons. The lowest BCUT2D eigenvalue weighted by Gasteiger charge is -2.22. The van der Waals surface area contributed by atoms with Gasteiger partial charge in [0.2, 0.25) is 0 Å². The summed E-state index contributed by atoms with van der Waals surface area (Å²) in [5, 5.41) is 3.81. The molecule has 1 saturated carbocycles. The average molecular weight is 275 g/mol. The van der Waals surface area contributed by atoms with Gasteiger partial charge >= 0.3 is 0 Å². The molecule has 3 unspecified atom stereocenters. The predicted molar refractivity (Wildman–Crippen MR) is 88.9 cm³/mol. The maximum atomic E-state index is 3.81. The molecule has 1 nitrogen and oxygen atoms in total. The number of unbranched alkanes of at least 4 members (excludes halogenated alkanes) is 7. The molecule has 0 aliphatic heterocycles. The van der Waals surface area contributed by atoms with E-state index in [-0.39, 0.29) is 0 Å². The highest BCUT2D eigenvalue weighted by molar-refractivity contribution is 5.18. The number of allylic oxidation sites excluding steroid dienone is 3. The van der Waals surface area contributed by atoms with Crippen LogP contribution in [0, 0.1) is 11.8 Å². The summed E-state index contributed by atoms with van der Waals surface area (Å²) in [5.41, 5.74) is 0. The fourth-order valence-electron chi connectivity index (χ4n) is 3.74. The lowest BCUT2D eigenvalue weighted by atomic mass is 9.90. The second-order valence-electron chi connectivity index (χ2n) is 6.62. The zero-order valence-corrected chi connectivity index (χ0v) is 13.3. The van der Waals surface area contributed by atoms with Crippen LogP contribution in [0.1, 0.15) is 71.1 Å². The molecule has 0 aromatic rings. The van der Waals surface area contributed by atoms with Crippen molar-refractivity contribution in [1.29, 1.82) is 0 Å². The molecule has 2 rings (SSSR count). The largest absolute Gasteiger partial charge is 0.313 e. The van der Waals surface area contributed by atoms with Crippen molar-refractivity contribution in [3.05, 3.63) is 24.3 Å². The van der Waals surface area contributed by atoms with Crippen molar-refractivity contribution in [2.75, 3.05) is 6.54 Å². The fraction of sp³-hybridized carbons (Fsp3) is 0.789. The Morgan fingerprint density at radius 1 is 0.850 bits per heavy atom. The molecule has 2 aliphatic rings. The van der Waals surface area contributed by atoms with Crippen LogP contribution in [0.15, 0.2) is 24.3 Å². The van der Waals surface area contributed by atoms with E-state index in [1.807, 2.05) is 0 Å². The monoisotopic (exact) mass is 275 g/mol. The molecule has 0 aromatic heterocycles. The minimum atomic E-state index is 0.741. The summed E-state index contributed by atoms with van der Waals surface area (Å²) in [6, 6.07) is 0.741. The summed E-state index contributed by atoms with van der Waals surface area (Å²) >= 11 is 0. The molecule has 20 heavy (non-hydrogen) atoms. The van der Waals surface area contributed by atoms with Crippen molar-refractivity contribution < 1.29 is 0 Å². The first kappa shape index (κ1) is 15.8. The van der Waals surface area contributed by atoms with E-state index in [1.165, 1.54) is 70.8 Å². The highest BCUT2D eigenvalue weighted by Gasteiger charge is 2.32. The van der Waals surface area contributed by atoms with E-state index in [1.54, 1.807) is 0 Å². The number of hydrogen-bond acceptors (Lipinski definition) is 1. The standard InChI is InChI=1S/C19H33N/c1-2-3-4-5-6-7-8-11-16-20-19-15-14-17-12-9-10-13-18(17)19/h9-10,12-13,17-20H,2-8,11,14-16H2,1H3. The van der Waals surface area contributed by atoms with Crippen molar-refractivity contribution in [2.45, 2.75) is 77.2 Å². The Kier molecular flexibility index (Phi) is 7.43. The van der Waals surface area contributed by atoms with E-state index >= 15 is 0 Å². The minimum absolute atomic E-state index is 0.741. The number of fused-ring (bicyclic) bond motifs is 1. The van der Waals surface area contributed by atoms with E-state index in [2.05, 4.69) is 36.5 Å². The highest BCUT2D eigenvalue weighted by atomic mass is 14.9. The molecule has 0 heterocycles. The Hall–Kier alpha value is -0.560. The molecule has 0 saturated heterocycles. The maximum Gasteiger partial charge on any atom is 0.0136 e. The van der Waals surface area contributed by atoms with Gasteiger partial charge in [-0.2, -0.15) is 0 Å². The first-order chi connectivity index (χ1) is 9.92. The van der Waals surface area contributed by atoms with Crippen molar-refractivity contribution >= 4 is 0 Å². The first-order valence-corrected chi connectivity index (χ1v) is 9.00. The van der Waals surface area contributed by atoms with Gasteiger partial charge < -0.3 is 5.32 Å². The van der Waals surface area contributed by atoms with Gasteiger partial charge in [0.25, 0.3) is 0 Å². The Labute approximate surface area is 125 Å². The lowest BCUT2D eigenvalue weighted by Crippen LogP contribution is -2.34. The van der Waals surface area contributed by atoms with Crippen LogP contribution >= 0.6 is 0 Å². The predicted octanol–water partition coefficient (Wildman–Crippen LogP) is 5.24. The third-order valence-electron chi connectivity index (χ3n) is 5.01. The van der Waals surface area contributed by atoms with Crippen LogP contribution in [0.4, 0.5) is 0 Å². The smallest absolute Gasteiger partial charge is 0.0136 e. The first-order valence-electron chi connectivity index (χ1n) is 9.00. The summed E-state index contributed by atoms with van der Waals surface area (Å²) in [5.74, 6) is 1.59. The molecule has 0 spiro atoms. The summed E-state index contributed by atoms with van der Waals surface area (Å²) in [4.78, 5) is 0. The Morgan fingerprint density at radius 2 is 1.55 bits per heavy atom. The Bertz CT molecular complexity index is 305. The molecular formula is C19H33N. The fourth-order valence-corrected chi connectivity index (χ4v) is 3.74. The van der Waals surface area contributed by atoms with E-state index in [0.717, 1.165) is 17.9 Å². The summed E-state index contributed by atoms with van der Waals surface area (Å²) in [7, 11) is 0. The van der Waals surface area contributed by atoms with E-state index < -0.39 is 0 Å². The third-order valence-corrected chi connectivity index (χ3v) is 5.01. The van der Waals surface area contributed by atoms with Crippen LogP contribution < -0.4 is 5.32 Å². The molecule has 1 fully saturated rings. The van der Waals surface area contributed by atoms with Crippen molar-refractivity contribution in [1.82, 2.24) is 5.32 Å². The minimum Gasteiger partial charge on any atom is -0.313 e. The van der Waals surface area contributed by atoms with Crippen LogP contribution in [0.5, 0.6) is 0 Å². The third kappa shape index (κ3) is 5.09. The second kappa shape index (κ2) is 9.39. The van der Waals surface area contributed by atoms with E-state index in [0.29, 0.717) is 0 Å². The summed E-state index contributed by atoms with van der Waals surface area (Å²) < 4.78 is 0. The van der Waals surface area contributed by atoms with Gasteiger partial charge in [0, 0.05) is 6.04 Å². The molecule has 0 radical (unpaired) electrons. The Morgan fingerprint density at radius 3 is 2.35 bits per heavy atom. The van der Waals surface area contributed by atoms with Crippen LogP contribution in [-0.4, -0.2) is 12.6 Å². The van der Waals surface area contributed by atoms with Gasteiger partial charge in [-0.05, 0) is 37.6 Å². The average Bonchev–Trinajstić information content (AvgIpc) is 2.89. The molecule has 0 amide bonds. The van der Waals surface area contributed by atoms with Gasteiger partial charge in [-0.1, -0.05) is 76.2 Å². The van der Waals surface area contributed by atoms with Gasteiger partial charge in [0.15, 0.2) is 0 Å². The van der Waals surface area contributed by atoms with Crippen molar-refractivity contribution in [3.63, 3.8) is 0 Å². The van der Waals surface area contributed by atoms with Crippen LogP contribution in [0.2, 0.25) is 0 Å². The zero-order valence-electron chi connectivity index (χ0n) is 13.3. The van der Waals surface area contributed by atoms with Crippen LogP contribution in [-0.2, 0) is 0 Å². The molecule has 2 aliphatic carbocycles. The molecular weight excluding hydrogens is 242 g/mol. The number of rotatable bonds is 10. The van der Waals surface area contributed by atoms with E-state index in [4.69, 9.17) is 0 Å². The van der Waals surface area contributed by atoms with Gasteiger partial charge in [-0.25, -0.2) is 0 Å². The van der Waals surface area contributed by atoms with Crippen molar-refractivity contribution in [2.24, 2.45) is 11.8 Å². The highest BCUT2D eigenvalue weighted by Crippen LogP contribution is 2.36. The lowest BCUT2D eigenvalue weighted by molar-refractivity contribution is 0.418. The molecule has 1 N–H and O–H groups in total. The van der Waals surface area contributed by atoms with Gasteiger partial charge in [-0.15, -0.1) is 0 Å². The van der Waals surface area contributed by atoms with Gasteiger partial charge in [0.1, 0.15) is 0 Å². The topological polar surface area (TPSA) is 12.0 Å².